The number of H-pyrrole nitrogens is 1. The van der Waals surface area contributed by atoms with Gasteiger partial charge in [0.1, 0.15) is 5.65 Å². The van der Waals surface area contributed by atoms with Crippen LogP contribution in [0.25, 0.3) is 16.7 Å². The Morgan fingerprint density at radius 1 is 1.36 bits per heavy atom. The van der Waals surface area contributed by atoms with Crippen molar-refractivity contribution in [1.29, 1.82) is 0 Å². The standard InChI is InChI=1S/C19H25N7OS/c1-12(22-8-3-9-23-18(20)21)13-4-6-15(7-5-13)26-11-14-10-16(28-2)24-17(14)25-19(26)27/h4-7,10-12,22H,3,8-9H2,1-2H3,(H4,20,21,23)(H,24,25,27)/t12-/m0/s1. The average molecular weight is 400 g/mol. The van der Waals surface area contributed by atoms with E-state index < -0.39 is 0 Å². The molecule has 0 unspecified atom stereocenters. The number of aromatic nitrogens is 3. The van der Waals surface area contributed by atoms with Crippen molar-refractivity contribution in [2.24, 2.45) is 16.5 Å². The number of nitrogens with two attached hydrogens (primary N) is 2. The molecule has 1 atom stereocenters. The summed E-state index contributed by atoms with van der Waals surface area (Å²) in [5.41, 5.74) is 12.9. The lowest BCUT2D eigenvalue weighted by molar-refractivity contribution is 0.562. The molecule has 28 heavy (non-hydrogen) atoms. The summed E-state index contributed by atoms with van der Waals surface area (Å²) in [6, 6.07) is 10.1. The highest BCUT2D eigenvalue weighted by Crippen LogP contribution is 2.20. The van der Waals surface area contributed by atoms with E-state index in [1.165, 1.54) is 0 Å². The summed E-state index contributed by atoms with van der Waals surface area (Å²) in [5.74, 6) is 0.121. The fourth-order valence-electron chi connectivity index (χ4n) is 2.91. The molecule has 3 aromatic rings. The van der Waals surface area contributed by atoms with Crippen LogP contribution >= 0.6 is 11.8 Å². The van der Waals surface area contributed by atoms with Crippen LogP contribution in [0.4, 0.5) is 0 Å². The summed E-state index contributed by atoms with van der Waals surface area (Å²) < 4.78 is 1.57. The maximum Gasteiger partial charge on any atom is 0.354 e. The van der Waals surface area contributed by atoms with Gasteiger partial charge < -0.3 is 21.8 Å². The third-order valence-electron chi connectivity index (χ3n) is 4.45. The van der Waals surface area contributed by atoms with Crippen LogP contribution in [0.3, 0.4) is 0 Å². The first-order valence-electron chi connectivity index (χ1n) is 9.03. The van der Waals surface area contributed by atoms with E-state index in [0.29, 0.717) is 12.2 Å². The number of hydrogen-bond donors (Lipinski definition) is 4. The van der Waals surface area contributed by atoms with E-state index in [2.05, 4.69) is 27.2 Å². The number of guanidine groups is 1. The quantitative estimate of drug-likeness (QED) is 0.198. The lowest BCUT2D eigenvalue weighted by atomic mass is 10.1. The van der Waals surface area contributed by atoms with E-state index in [9.17, 15) is 4.79 Å². The largest absolute Gasteiger partial charge is 0.370 e. The average Bonchev–Trinajstić information content (AvgIpc) is 3.08. The topological polar surface area (TPSA) is 127 Å². The molecule has 0 radical (unpaired) electrons. The molecule has 0 saturated heterocycles. The van der Waals surface area contributed by atoms with Crippen LogP contribution in [0, 0.1) is 0 Å². The Hall–Kier alpha value is -2.78. The molecular weight excluding hydrogens is 374 g/mol. The molecule has 0 aliphatic rings. The van der Waals surface area contributed by atoms with E-state index in [1.807, 2.05) is 42.8 Å². The van der Waals surface area contributed by atoms with Gasteiger partial charge in [-0.2, -0.15) is 4.98 Å². The Labute approximate surface area is 167 Å². The molecule has 8 nitrogen and oxygen atoms in total. The minimum atomic E-state index is -0.305. The number of benzene rings is 1. The molecule has 0 fully saturated rings. The zero-order chi connectivity index (χ0) is 20.1. The van der Waals surface area contributed by atoms with Crippen molar-refractivity contribution in [2.75, 3.05) is 19.3 Å². The summed E-state index contributed by atoms with van der Waals surface area (Å²) in [7, 11) is 0. The fourth-order valence-corrected chi connectivity index (χ4v) is 3.35. The van der Waals surface area contributed by atoms with Crippen molar-refractivity contribution in [2.45, 2.75) is 24.4 Å². The smallest absolute Gasteiger partial charge is 0.354 e. The Balaban J connectivity index is 1.70. The third-order valence-corrected chi connectivity index (χ3v) is 5.11. The Bertz CT molecular complexity index is 1020. The first-order valence-corrected chi connectivity index (χ1v) is 10.3. The van der Waals surface area contributed by atoms with E-state index in [4.69, 9.17) is 11.5 Å². The Kier molecular flexibility index (Phi) is 6.37. The van der Waals surface area contributed by atoms with Gasteiger partial charge in [0.15, 0.2) is 5.96 Å². The number of nitrogens with one attached hydrogen (secondary N) is 2. The second-order valence-corrected chi connectivity index (χ2v) is 7.31. The lowest BCUT2D eigenvalue weighted by Crippen LogP contribution is -2.24. The molecule has 2 aromatic heterocycles. The van der Waals surface area contributed by atoms with Crippen molar-refractivity contribution in [3.63, 3.8) is 0 Å². The fraction of sp³-hybridized carbons (Fsp3) is 0.316. The summed E-state index contributed by atoms with van der Waals surface area (Å²) >= 11 is 1.58. The summed E-state index contributed by atoms with van der Waals surface area (Å²) in [6.07, 6.45) is 4.66. The van der Waals surface area contributed by atoms with Crippen LogP contribution in [0.15, 0.2) is 51.3 Å². The highest BCUT2D eigenvalue weighted by Gasteiger charge is 2.09. The molecule has 0 aliphatic heterocycles. The monoisotopic (exact) mass is 399 g/mol. The minimum absolute atomic E-state index is 0.121. The number of fused-ring (bicyclic) bond motifs is 1. The van der Waals surface area contributed by atoms with E-state index >= 15 is 0 Å². The molecule has 0 bridgehead atoms. The number of thioether (sulfide) groups is 1. The minimum Gasteiger partial charge on any atom is -0.370 e. The van der Waals surface area contributed by atoms with E-state index in [1.54, 1.807) is 16.3 Å². The molecule has 6 N–H and O–H groups in total. The lowest BCUT2D eigenvalue weighted by Gasteiger charge is -2.15. The van der Waals surface area contributed by atoms with Crippen molar-refractivity contribution in [3.8, 4) is 5.69 Å². The summed E-state index contributed by atoms with van der Waals surface area (Å²) in [4.78, 5) is 23.6. The van der Waals surface area contributed by atoms with Gasteiger partial charge in [-0.05, 0) is 49.9 Å². The normalized spacial score (nSPS) is 12.2. The predicted octanol–water partition coefficient (Wildman–Crippen LogP) is 1.75. The molecule has 0 saturated carbocycles. The van der Waals surface area contributed by atoms with Crippen LogP contribution < -0.4 is 22.5 Å². The van der Waals surface area contributed by atoms with Crippen molar-refractivity contribution in [3.05, 3.63) is 52.6 Å². The van der Waals surface area contributed by atoms with Gasteiger partial charge in [0.05, 0.1) is 10.7 Å². The van der Waals surface area contributed by atoms with Gasteiger partial charge >= 0.3 is 5.69 Å². The molecular formula is C19H25N7OS. The number of aromatic amines is 1. The maximum absolute atomic E-state index is 12.4. The number of nitrogens with zero attached hydrogens (tertiary/aromatic N) is 3. The first kappa shape index (κ1) is 20.0. The van der Waals surface area contributed by atoms with Crippen LogP contribution in [0.2, 0.25) is 0 Å². The predicted molar refractivity (Wildman–Crippen MR) is 115 cm³/mol. The van der Waals surface area contributed by atoms with Gasteiger partial charge in [0.2, 0.25) is 0 Å². The summed E-state index contributed by atoms with van der Waals surface area (Å²) in [6.45, 7) is 3.51. The van der Waals surface area contributed by atoms with Gasteiger partial charge in [-0.15, -0.1) is 11.8 Å². The summed E-state index contributed by atoms with van der Waals surface area (Å²) in [5, 5.41) is 5.33. The van der Waals surface area contributed by atoms with Gasteiger partial charge in [-0.1, -0.05) is 12.1 Å². The zero-order valence-corrected chi connectivity index (χ0v) is 16.8. The van der Waals surface area contributed by atoms with Crippen molar-refractivity contribution < 1.29 is 0 Å². The first-order chi connectivity index (χ1) is 13.5. The van der Waals surface area contributed by atoms with Crippen LogP contribution in [0.1, 0.15) is 24.9 Å². The second kappa shape index (κ2) is 8.94. The van der Waals surface area contributed by atoms with Gasteiger partial charge in [0.25, 0.3) is 0 Å². The number of aliphatic imine (C=N–C) groups is 1. The highest BCUT2D eigenvalue weighted by atomic mass is 32.2. The van der Waals surface area contributed by atoms with Crippen LogP contribution in [0.5, 0.6) is 0 Å². The SMILES string of the molecule is CSc1cc2cn(-c3ccc([C@H](C)NCCCN=C(N)N)cc3)c(=O)nc2[nH]1. The molecule has 1 aromatic carbocycles. The van der Waals surface area contributed by atoms with Gasteiger partial charge in [0, 0.05) is 24.2 Å². The number of rotatable bonds is 8. The molecule has 3 rings (SSSR count). The zero-order valence-electron chi connectivity index (χ0n) is 16.0. The Morgan fingerprint density at radius 2 is 2.11 bits per heavy atom. The highest BCUT2D eigenvalue weighted by molar-refractivity contribution is 7.98. The van der Waals surface area contributed by atoms with Gasteiger partial charge in [-0.3, -0.25) is 9.56 Å². The van der Waals surface area contributed by atoms with Crippen molar-refractivity contribution >= 4 is 28.8 Å². The molecule has 0 amide bonds. The maximum atomic E-state index is 12.4. The third kappa shape index (κ3) is 4.73. The van der Waals surface area contributed by atoms with Crippen molar-refractivity contribution in [1.82, 2.24) is 19.9 Å². The van der Waals surface area contributed by atoms with Gasteiger partial charge in [-0.25, -0.2) is 4.79 Å². The molecule has 148 valence electrons. The van der Waals surface area contributed by atoms with Crippen LogP contribution in [-0.2, 0) is 0 Å². The molecule has 0 aliphatic carbocycles. The number of hydrogen-bond acceptors (Lipinski definition) is 5. The van der Waals surface area contributed by atoms with E-state index in [-0.39, 0.29) is 17.7 Å². The molecule has 9 heteroatoms. The second-order valence-electron chi connectivity index (χ2n) is 6.46. The van der Waals surface area contributed by atoms with E-state index in [0.717, 1.165) is 34.6 Å². The Morgan fingerprint density at radius 3 is 2.79 bits per heavy atom. The molecule has 0 spiro atoms. The van der Waals surface area contributed by atoms with Crippen LogP contribution in [-0.4, -0.2) is 39.8 Å². The molecule has 2 heterocycles.